The van der Waals surface area contributed by atoms with Crippen molar-refractivity contribution < 1.29 is 43.2 Å². The van der Waals surface area contributed by atoms with Crippen LogP contribution in [0.25, 0.3) is 0 Å². The molecular weight excluding hydrogens is 518 g/mol. The maximum atomic E-state index is 12.7. The van der Waals surface area contributed by atoms with Crippen molar-refractivity contribution in [3.8, 4) is 11.5 Å². The molecule has 10 heteroatoms. The summed E-state index contributed by atoms with van der Waals surface area (Å²) in [5.41, 5.74) is 4.92. The van der Waals surface area contributed by atoms with Gasteiger partial charge in [0.25, 0.3) is 0 Å². The summed E-state index contributed by atoms with van der Waals surface area (Å²) in [5, 5.41) is 9.96. The molecule has 40 heavy (non-hydrogen) atoms. The molecule has 10 nitrogen and oxygen atoms in total. The molecule has 0 spiro atoms. The minimum atomic E-state index is -1.81. The van der Waals surface area contributed by atoms with Crippen LogP contribution in [0.2, 0.25) is 0 Å². The van der Waals surface area contributed by atoms with E-state index in [0.29, 0.717) is 24.8 Å². The zero-order valence-electron chi connectivity index (χ0n) is 24.8. The van der Waals surface area contributed by atoms with Crippen LogP contribution < -0.4 is 15.2 Å². The highest BCUT2D eigenvalue weighted by Crippen LogP contribution is 2.32. The minimum Gasteiger partial charge on any atom is -0.480 e. The fourth-order valence-electron chi connectivity index (χ4n) is 4.21. The highest BCUT2D eigenvalue weighted by atomic mass is 16.7. The molecule has 1 aromatic rings. The molecular formula is C30H47NO9. The molecule has 0 saturated carbocycles. The third-order valence-electron chi connectivity index (χ3n) is 6.54. The summed E-state index contributed by atoms with van der Waals surface area (Å²) in [4.78, 5) is 49.5. The molecule has 0 fully saturated rings. The van der Waals surface area contributed by atoms with Crippen LogP contribution in [0.5, 0.6) is 11.5 Å². The fraction of sp³-hybridized carbons (Fsp3) is 0.667. The zero-order chi connectivity index (χ0) is 30.3. The lowest BCUT2D eigenvalue weighted by molar-refractivity contribution is -0.145. The van der Waals surface area contributed by atoms with Gasteiger partial charge < -0.3 is 29.8 Å². The number of unbranched alkanes of at least 4 members (excludes halogenated alkanes) is 2. The summed E-state index contributed by atoms with van der Waals surface area (Å²) in [7, 11) is 0. The first kappa shape index (κ1) is 34.9. The van der Waals surface area contributed by atoms with Gasteiger partial charge in [-0.2, -0.15) is 0 Å². The number of benzene rings is 1. The number of carboxylic acid groups (broad SMARTS) is 1. The summed E-state index contributed by atoms with van der Waals surface area (Å²) in [6.45, 7) is 11.2. The van der Waals surface area contributed by atoms with Crippen LogP contribution in [0.1, 0.15) is 98.5 Å². The molecule has 0 radical (unpaired) electrons. The van der Waals surface area contributed by atoms with Gasteiger partial charge in [0.2, 0.25) is 0 Å². The van der Waals surface area contributed by atoms with Gasteiger partial charge in [0.05, 0.1) is 18.4 Å². The summed E-state index contributed by atoms with van der Waals surface area (Å²) in [6.07, 6.45) is 3.36. The van der Waals surface area contributed by atoms with E-state index in [1.165, 1.54) is 12.1 Å². The second-order valence-corrected chi connectivity index (χ2v) is 10.6. The van der Waals surface area contributed by atoms with Crippen molar-refractivity contribution in [1.82, 2.24) is 0 Å². The van der Waals surface area contributed by atoms with Gasteiger partial charge in [-0.3, -0.25) is 14.4 Å². The number of carbonyl (C=O) groups is 4. The normalized spacial score (nSPS) is 14.8. The van der Waals surface area contributed by atoms with Crippen LogP contribution in [0.15, 0.2) is 18.2 Å². The van der Waals surface area contributed by atoms with Crippen LogP contribution in [0, 0.1) is 11.8 Å². The smallest absolute Gasteiger partial charge is 0.480 e. The van der Waals surface area contributed by atoms with E-state index >= 15 is 0 Å². The molecule has 0 bridgehead atoms. The average molecular weight is 566 g/mol. The highest BCUT2D eigenvalue weighted by molar-refractivity contribution is 5.80. The van der Waals surface area contributed by atoms with Gasteiger partial charge in [0.15, 0.2) is 11.5 Å². The van der Waals surface area contributed by atoms with E-state index in [-0.39, 0.29) is 42.8 Å². The summed E-state index contributed by atoms with van der Waals surface area (Å²) in [6, 6.07) is 4.49. The van der Waals surface area contributed by atoms with Gasteiger partial charge in [-0.15, -0.1) is 0 Å². The number of nitrogens with two attached hydrogens (primary N) is 1. The Morgan fingerprint density at radius 1 is 0.875 bits per heavy atom. The van der Waals surface area contributed by atoms with Crippen molar-refractivity contribution in [1.29, 1.82) is 0 Å². The van der Waals surface area contributed by atoms with Crippen molar-refractivity contribution in [2.75, 3.05) is 6.61 Å². The Kier molecular flexibility index (Phi) is 15.3. The monoisotopic (exact) mass is 565 g/mol. The first-order chi connectivity index (χ1) is 18.9. The van der Waals surface area contributed by atoms with Gasteiger partial charge >= 0.3 is 24.1 Å². The van der Waals surface area contributed by atoms with Crippen molar-refractivity contribution in [3.05, 3.63) is 23.8 Å². The standard InChI is InChI=1S/C30H47NO9/c1-7-10-11-16-37-29(36)38-22(6)18-30(31,28(34)35)19-23-14-15-24(39-26(32)20(4)12-8-2)25(17-23)40-27(33)21(5)13-9-3/h14-15,17,20-22H,7-13,16,18-19,31H2,1-6H3,(H,34,35)/t20?,21?,22-,30?/m0/s1. The maximum absolute atomic E-state index is 12.7. The molecule has 3 unspecified atom stereocenters. The van der Waals surface area contributed by atoms with Crippen molar-refractivity contribution in [2.45, 2.75) is 111 Å². The Labute approximate surface area is 237 Å². The van der Waals surface area contributed by atoms with Crippen molar-refractivity contribution in [3.63, 3.8) is 0 Å². The number of esters is 2. The topological polar surface area (TPSA) is 151 Å². The van der Waals surface area contributed by atoms with Gasteiger partial charge in [-0.25, -0.2) is 4.79 Å². The van der Waals surface area contributed by atoms with E-state index in [4.69, 9.17) is 24.7 Å². The summed E-state index contributed by atoms with van der Waals surface area (Å²) >= 11 is 0. The van der Waals surface area contributed by atoms with E-state index in [0.717, 1.165) is 25.7 Å². The highest BCUT2D eigenvalue weighted by Gasteiger charge is 2.37. The molecule has 1 aromatic carbocycles. The quantitative estimate of drug-likeness (QED) is 0.127. The molecule has 0 aliphatic rings. The van der Waals surface area contributed by atoms with E-state index < -0.39 is 35.7 Å². The minimum absolute atomic E-state index is 0.00944. The largest absolute Gasteiger partial charge is 0.508 e. The van der Waals surface area contributed by atoms with E-state index in [1.807, 2.05) is 20.8 Å². The third kappa shape index (κ3) is 11.9. The SMILES string of the molecule is CCCCCOC(=O)O[C@@H](C)CC(N)(Cc1ccc(OC(=O)C(C)CCC)c(OC(=O)C(C)CCC)c1)C(=O)O. The average Bonchev–Trinajstić information content (AvgIpc) is 2.88. The van der Waals surface area contributed by atoms with E-state index in [1.54, 1.807) is 26.8 Å². The van der Waals surface area contributed by atoms with Gasteiger partial charge in [-0.1, -0.05) is 66.4 Å². The molecule has 4 atom stereocenters. The zero-order valence-corrected chi connectivity index (χ0v) is 24.8. The molecule has 0 saturated heterocycles. The lowest BCUT2D eigenvalue weighted by Gasteiger charge is -2.28. The van der Waals surface area contributed by atoms with Crippen LogP contribution in [-0.4, -0.2) is 47.4 Å². The van der Waals surface area contributed by atoms with Crippen LogP contribution in [0.3, 0.4) is 0 Å². The van der Waals surface area contributed by atoms with E-state index in [9.17, 15) is 24.3 Å². The second kappa shape index (κ2) is 17.5. The van der Waals surface area contributed by atoms with Gasteiger partial charge in [0.1, 0.15) is 11.6 Å². The number of aliphatic carboxylic acids is 1. The number of hydrogen-bond donors (Lipinski definition) is 2. The lowest BCUT2D eigenvalue weighted by Crippen LogP contribution is -2.52. The lowest BCUT2D eigenvalue weighted by atomic mass is 9.86. The fourth-order valence-corrected chi connectivity index (χ4v) is 4.21. The Hall–Kier alpha value is -3.14. The first-order valence-electron chi connectivity index (χ1n) is 14.3. The Balaban J connectivity index is 3.14. The predicted molar refractivity (Wildman–Crippen MR) is 150 cm³/mol. The molecule has 0 aliphatic heterocycles. The molecule has 226 valence electrons. The summed E-state index contributed by atoms with van der Waals surface area (Å²) < 4.78 is 21.4. The Morgan fingerprint density at radius 3 is 1.98 bits per heavy atom. The first-order valence-corrected chi connectivity index (χ1v) is 14.3. The van der Waals surface area contributed by atoms with Gasteiger partial charge in [-0.05, 0) is 43.9 Å². The Bertz CT molecular complexity index is 980. The number of carbonyl (C=O) groups excluding carboxylic acids is 3. The molecule has 0 heterocycles. The van der Waals surface area contributed by atoms with Crippen molar-refractivity contribution in [2.24, 2.45) is 17.6 Å². The van der Waals surface area contributed by atoms with Crippen LogP contribution >= 0.6 is 0 Å². The maximum Gasteiger partial charge on any atom is 0.508 e. The third-order valence-corrected chi connectivity index (χ3v) is 6.54. The van der Waals surface area contributed by atoms with Crippen LogP contribution in [-0.2, 0) is 30.3 Å². The molecule has 1 rings (SSSR count). The van der Waals surface area contributed by atoms with Crippen LogP contribution in [0.4, 0.5) is 4.79 Å². The molecule has 0 aromatic heterocycles. The predicted octanol–water partition coefficient (Wildman–Crippen LogP) is 5.82. The van der Waals surface area contributed by atoms with Crippen molar-refractivity contribution >= 4 is 24.1 Å². The molecule has 0 aliphatic carbocycles. The number of hydrogen-bond acceptors (Lipinski definition) is 9. The number of carboxylic acids is 1. The number of ether oxygens (including phenoxy) is 4. The van der Waals surface area contributed by atoms with E-state index in [2.05, 4.69) is 0 Å². The molecule has 3 N–H and O–H groups in total. The van der Waals surface area contributed by atoms with Gasteiger partial charge in [0, 0.05) is 12.8 Å². The number of rotatable bonds is 18. The second-order valence-electron chi connectivity index (χ2n) is 10.6. The summed E-state index contributed by atoms with van der Waals surface area (Å²) in [5.74, 6) is -2.91. The molecule has 0 amide bonds. The Morgan fingerprint density at radius 2 is 1.45 bits per heavy atom.